The van der Waals surface area contributed by atoms with Gasteiger partial charge in [-0.2, -0.15) is 26.3 Å². The number of halogens is 7. The Kier molecular flexibility index (Phi) is 15.9. The number of rotatable bonds is 16. The first-order valence-corrected chi connectivity index (χ1v) is 26.7. The minimum absolute atomic E-state index is 0.0110. The molecule has 0 saturated carbocycles. The molecule has 0 spiro atoms. The molecular weight excluding hydrogens is 972 g/mol. The summed E-state index contributed by atoms with van der Waals surface area (Å²) in [6.45, 7) is 7.70. The largest absolute Gasteiger partial charge is 0.501 e. The van der Waals surface area contributed by atoms with Crippen LogP contribution in [0.25, 0.3) is 5.57 Å². The van der Waals surface area contributed by atoms with Gasteiger partial charge in [0, 0.05) is 53.0 Å². The van der Waals surface area contributed by atoms with Crippen molar-refractivity contribution in [2.45, 2.75) is 104 Å². The van der Waals surface area contributed by atoms with Gasteiger partial charge in [0.1, 0.15) is 10.7 Å². The van der Waals surface area contributed by atoms with Gasteiger partial charge in [0.15, 0.2) is 0 Å². The zero-order valence-electron chi connectivity index (χ0n) is 38.2. The number of piperidine rings is 1. The molecule has 2 aliphatic heterocycles. The van der Waals surface area contributed by atoms with E-state index >= 15 is 0 Å². The number of hydrogen-bond acceptors (Lipinski definition) is 11. The Balaban J connectivity index is 1.10. The maximum atomic E-state index is 14.4. The fraction of sp³-hybridized carbons (Fsp3) is 0.489. The van der Waals surface area contributed by atoms with E-state index in [1.165, 1.54) is 28.5 Å². The van der Waals surface area contributed by atoms with E-state index in [0.29, 0.717) is 36.4 Å². The Labute approximate surface area is 404 Å². The first-order chi connectivity index (χ1) is 31.9. The van der Waals surface area contributed by atoms with Gasteiger partial charge in [-0.1, -0.05) is 61.4 Å². The summed E-state index contributed by atoms with van der Waals surface area (Å²) in [5.41, 5.74) is -2.16. The fourth-order valence-electron chi connectivity index (χ4n) is 9.12. The van der Waals surface area contributed by atoms with Gasteiger partial charge in [-0.3, -0.25) is 14.5 Å². The van der Waals surface area contributed by atoms with Crippen LogP contribution in [0, 0.1) is 5.41 Å². The Morgan fingerprint density at radius 3 is 2.25 bits per heavy atom. The number of fused-ring (bicyclic) bond motifs is 1. The number of benzene rings is 3. The molecule has 370 valence electrons. The quantitative estimate of drug-likeness (QED) is 0.0823. The van der Waals surface area contributed by atoms with Crippen molar-refractivity contribution in [1.82, 2.24) is 24.7 Å². The molecule has 1 aliphatic carbocycles. The van der Waals surface area contributed by atoms with Crippen LogP contribution in [0.5, 0.6) is 0 Å². The van der Waals surface area contributed by atoms with Crippen LogP contribution in [0.1, 0.15) is 75.0 Å². The molecular formula is C47H56ClF6N7O4S3. The molecule has 1 atom stereocenters. The SMILES string of the molecule is CN(C)CC[C@H](CSc1ccccc1)Nc1ccc(S(=O)(=O)Nc2nc(C(F)(F)F)nc3c2CCN(C2CCN(CC4=C(c5ccc(Cl)cc5)CCC(C)(C)C4)CC2)C3)cc1S(=O)(=O)C(F)(F)F. The van der Waals surface area contributed by atoms with Crippen molar-refractivity contribution < 1.29 is 43.2 Å². The number of alkyl halides is 6. The summed E-state index contributed by atoms with van der Waals surface area (Å²) < 4.78 is 142. The molecule has 1 aromatic heterocycles. The summed E-state index contributed by atoms with van der Waals surface area (Å²) in [7, 11) is -7.59. The maximum absolute atomic E-state index is 14.4. The summed E-state index contributed by atoms with van der Waals surface area (Å²) in [6.07, 6.45) is -0.148. The second-order valence-electron chi connectivity index (χ2n) is 18.7. The van der Waals surface area contributed by atoms with E-state index in [4.69, 9.17) is 11.6 Å². The highest BCUT2D eigenvalue weighted by Gasteiger charge is 2.49. The molecule has 7 rings (SSSR count). The molecule has 2 N–H and O–H groups in total. The van der Waals surface area contributed by atoms with Crippen molar-refractivity contribution in [2.24, 2.45) is 5.41 Å². The second-order valence-corrected chi connectivity index (χ2v) is 23.9. The number of anilines is 2. The molecule has 0 amide bonds. The number of sulfone groups is 1. The molecule has 11 nitrogen and oxygen atoms in total. The van der Waals surface area contributed by atoms with Gasteiger partial charge < -0.3 is 10.2 Å². The normalized spacial score (nSPS) is 18.4. The number of likely N-dealkylation sites (tertiary alicyclic amines) is 1. The van der Waals surface area contributed by atoms with Crippen molar-refractivity contribution in [3.8, 4) is 0 Å². The molecule has 21 heteroatoms. The van der Waals surface area contributed by atoms with Gasteiger partial charge in [0.2, 0.25) is 5.82 Å². The van der Waals surface area contributed by atoms with Crippen LogP contribution in [-0.4, -0.2) is 112 Å². The third kappa shape index (κ3) is 12.7. The van der Waals surface area contributed by atoms with Crippen LogP contribution in [-0.2, 0) is 39.0 Å². The molecule has 0 unspecified atom stereocenters. The van der Waals surface area contributed by atoms with Crippen LogP contribution in [0.2, 0.25) is 5.02 Å². The highest BCUT2D eigenvalue weighted by atomic mass is 35.5. The maximum Gasteiger partial charge on any atom is 0.501 e. The van der Waals surface area contributed by atoms with E-state index in [0.717, 1.165) is 68.8 Å². The predicted molar refractivity (Wildman–Crippen MR) is 255 cm³/mol. The van der Waals surface area contributed by atoms with E-state index < -0.39 is 64.7 Å². The van der Waals surface area contributed by atoms with Crippen molar-refractivity contribution in [3.63, 3.8) is 0 Å². The number of hydrogen-bond donors (Lipinski definition) is 2. The van der Waals surface area contributed by atoms with Gasteiger partial charge in [0.25, 0.3) is 19.9 Å². The van der Waals surface area contributed by atoms with Crippen LogP contribution in [0.15, 0.2) is 93.1 Å². The third-order valence-corrected chi connectivity index (χ3v) is 17.1. The molecule has 0 bridgehead atoms. The van der Waals surface area contributed by atoms with E-state index in [2.05, 4.69) is 55.8 Å². The highest BCUT2D eigenvalue weighted by Crippen LogP contribution is 2.44. The molecule has 0 radical (unpaired) electrons. The lowest BCUT2D eigenvalue weighted by atomic mass is 9.72. The summed E-state index contributed by atoms with van der Waals surface area (Å²) in [5, 5.41) is 3.59. The van der Waals surface area contributed by atoms with Gasteiger partial charge >= 0.3 is 11.7 Å². The molecule has 4 aromatic rings. The van der Waals surface area contributed by atoms with E-state index in [1.807, 2.05) is 47.4 Å². The Morgan fingerprint density at radius 1 is 0.912 bits per heavy atom. The van der Waals surface area contributed by atoms with E-state index in [1.54, 1.807) is 14.1 Å². The van der Waals surface area contributed by atoms with Crippen LogP contribution >= 0.6 is 23.4 Å². The lowest BCUT2D eigenvalue weighted by molar-refractivity contribution is -0.145. The predicted octanol–water partition coefficient (Wildman–Crippen LogP) is 10.3. The van der Waals surface area contributed by atoms with Gasteiger partial charge in [0.05, 0.1) is 16.3 Å². The second kappa shape index (κ2) is 20.8. The van der Waals surface area contributed by atoms with Crippen molar-refractivity contribution in [1.29, 1.82) is 0 Å². The molecule has 68 heavy (non-hydrogen) atoms. The molecule has 3 aromatic carbocycles. The third-order valence-electron chi connectivity index (χ3n) is 12.8. The first kappa shape index (κ1) is 51.9. The zero-order chi connectivity index (χ0) is 49.2. The van der Waals surface area contributed by atoms with Gasteiger partial charge in [-0.15, -0.1) is 11.8 Å². The highest BCUT2D eigenvalue weighted by molar-refractivity contribution is 7.99. The lowest BCUT2D eigenvalue weighted by Gasteiger charge is -2.42. The van der Waals surface area contributed by atoms with Crippen molar-refractivity contribution in [2.75, 3.05) is 62.6 Å². The Morgan fingerprint density at radius 2 is 1.60 bits per heavy atom. The number of allylic oxidation sites excluding steroid dienone is 1. The molecule has 3 heterocycles. The Bertz CT molecular complexity index is 2680. The Hall–Kier alpha value is -3.92. The minimum Gasteiger partial charge on any atom is -0.380 e. The standard InChI is InChI=1S/C47H56ClF6N7O4S3/c1-45(2)21-16-38(31-10-12-33(48)13-11-31)32(27-45)28-60-23-18-35(19-24-60)61-25-20-39-41(29-61)56-44(46(49,50)51)57-43(39)58-68(64,65)37-14-15-40(42(26-37)67(62,63)47(52,53)54)55-34(17-22-59(3)4)30-66-36-8-6-5-7-9-36/h5-15,26,34-35,55H,16-25,27-30H2,1-4H3,(H,56,57,58)/t34-/m1/s1. The average molecular weight is 1030 g/mol. The van der Waals surface area contributed by atoms with Crippen LogP contribution in [0.4, 0.5) is 37.8 Å². The first-order valence-electron chi connectivity index (χ1n) is 22.4. The van der Waals surface area contributed by atoms with Gasteiger partial charge in [-0.25, -0.2) is 26.8 Å². The molecule has 1 saturated heterocycles. The van der Waals surface area contributed by atoms with Crippen molar-refractivity contribution >= 4 is 60.3 Å². The smallest absolute Gasteiger partial charge is 0.380 e. The minimum atomic E-state index is -6.16. The van der Waals surface area contributed by atoms with Crippen molar-refractivity contribution in [3.05, 3.63) is 106 Å². The molecule has 3 aliphatic rings. The van der Waals surface area contributed by atoms with E-state index in [-0.39, 0.29) is 35.7 Å². The topological polar surface area (TPSA) is 128 Å². The lowest BCUT2D eigenvalue weighted by Crippen LogP contribution is -2.47. The summed E-state index contributed by atoms with van der Waals surface area (Å²) >= 11 is 7.59. The fourth-order valence-corrected chi connectivity index (χ4v) is 12.3. The summed E-state index contributed by atoms with van der Waals surface area (Å²) in [6, 6.07) is 18.7. The van der Waals surface area contributed by atoms with E-state index in [9.17, 15) is 43.2 Å². The number of sulfonamides is 1. The number of nitrogens with zero attached hydrogens (tertiary/aromatic N) is 5. The number of aromatic nitrogens is 2. The van der Waals surface area contributed by atoms with Crippen LogP contribution in [0.3, 0.4) is 0 Å². The average Bonchev–Trinajstić information content (AvgIpc) is 3.27. The summed E-state index contributed by atoms with van der Waals surface area (Å²) in [5.74, 6) is -1.96. The molecule has 1 fully saturated rings. The zero-order valence-corrected chi connectivity index (χ0v) is 41.4. The summed E-state index contributed by atoms with van der Waals surface area (Å²) in [4.78, 5) is 12.4. The number of nitrogens with one attached hydrogen (secondary N) is 2. The van der Waals surface area contributed by atoms with Crippen LogP contribution < -0.4 is 10.0 Å². The van der Waals surface area contributed by atoms with Gasteiger partial charge in [-0.05, 0) is 138 Å². The monoisotopic (exact) mass is 1030 g/mol. The number of thioether (sulfide) groups is 1.